The summed E-state index contributed by atoms with van der Waals surface area (Å²) >= 11 is 3.42. The van der Waals surface area contributed by atoms with Crippen molar-refractivity contribution < 1.29 is 0 Å². The van der Waals surface area contributed by atoms with Crippen molar-refractivity contribution in [3.05, 3.63) is 10.9 Å². The van der Waals surface area contributed by atoms with Crippen LogP contribution in [0.4, 0.5) is 5.95 Å². The molecule has 0 unspecified atom stereocenters. The van der Waals surface area contributed by atoms with E-state index in [1.807, 2.05) is 0 Å². The summed E-state index contributed by atoms with van der Waals surface area (Å²) in [5.74, 6) is 1.45. The lowest BCUT2D eigenvalue weighted by Gasteiger charge is -2.01. The minimum atomic E-state index is 0.378. The van der Waals surface area contributed by atoms with Crippen molar-refractivity contribution in [2.75, 3.05) is 11.5 Å². The highest BCUT2D eigenvalue weighted by atomic mass is 32.2. The number of thioether (sulfide) groups is 1. The van der Waals surface area contributed by atoms with Crippen molar-refractivity contribution in [1.82, 2.24) is 9.97 Å². The molecule has 0 aliphatic carbocycles. The van der Waals surface area contributed by atoms with E-state index in [0.717, 1.165) is 27.4 Å². The SMILES string of the molecule is CCCSc1nc(N)nc2sc(C)cc12. The highest BCUT2D eigenvalue weighted by Crippen LogP contribution is 2.31. The van der Waals surface area contributed by atoms with Crippen LogP contribution in [0.5, 0.6) is 0 Å². The maximum atomic E-state index is 5.68. The Labute approximate surface area is 97.1 Å². The number of nitrogens with zero attached hydrogens (tertiary/aromatic N) is 2. The Kier molecular flexibility index (Phi) is 3.11. The molecule has 0 aliphatic rings. The van der Waals surface area contributed by atoms with Crippen LogP contribution in [0.3, 0.4) is 0 Å². The Morgan fingerprint density at radius 2 is 2.27 bits per heavy atom. The molecule has 2 heterocycles. The molecule has 0 saturated heterocycles. The highest BCUT2D eigenvalue weighted by Gasteiger charge is 2.08. The van der Waals surface area contributed by atoms with Crippen molar-refractivity contribution in [2.45, 2.75) is 25.3 Å². The maximum Gasteiger partial charge on any atom is 0.222 e. The lowest BCUT2D eigenvalue weighted by atomic mass is 10.4. The molecule has 2 aromatic heterocycles. The van der Waals surface area contributed by atoms with E-state index in [4.69, 9.17) is 5.73 Å². The summed E-state index contributed by atoms with van der Waals surface area (Å²) in [6, 6.07) is 2.14. The number of nitrogen functional groups attached to an aromatic ring is 1. The molecule has 0 fully saturated rings. The molecular weight excluding hydrogens is 226 g/mol. The van der Waals surface area contributed by atoms with E-state index in [2.05, 4.69) is 29.9 Å². The third-order valence-corrected chi connectivity index (χ3v) is 4.08. The molecule has 2 rings (SSSR count). The molecule has 5 heteroatoms. The zero-order chi connectivity index (χ0) is 10.8. The summed E-state index contributed by atoms with van der Waals surface area (Å²) in [7, 11) is 0. The number of rotatable bonds is 3. The molecule has 0 amide bonds. The predicted molar refractivity (Wildman–Crippen MR) is 67.6 cm³/mol. The van der Waals surface area contributed by atoms with Gasteiger partial charge in [0.1, 0.15) is 9.86 Å². The van der Waals surface area contributed by atoms with Gasteiger partial charge in [-0.25, -0.2) is 9.97 Å². The van der Waals surface area contributed by atoms with E-state index in [1.165, 1.54) is 4.88 Å². The van der Waals surface area contributed by atoms with Crippen LogP contribution in [-0.2, 0) is 0 Å². The molecule has 2 aromatic rings. The van der Waals surface area contributed by atoms with Crippen LogP contribution in [-0.4, -0.2) is 15.7 Å². The van der Waals surface area contributed by atoms with Gasteiger partial charge in [0, 0.05) is 10.3 Å². The number of hydrogen-bond donors (Lipinski definition) is 1. The van der Waals surface area contributed by atoms with Crippen molar-refractivity contribution >= 4 is 39.3 Å². The van der Waals surface area contributed by atoms with Crippen LogP contribution in [0.25, 0.3) is 10.2 Å². The van der Waals surface area contributed by atoms with Gasteiger partial charge in [-0.2, -0.15) is 0 Å². The third-order valence-electron chi connectivity index (χ3n) is 1.94. The molecular formula is C10H13N3S2. The fourth-order valence-electron chi connectivity index (χ4n) is 1.34. The molecule has 0 aromatic carbocycles. The van der Waals surface area contributed by atoms with Gasteiger partial charge in [-0.15, -0.1) is 23.1 Å². The molecule has 15 heavy (non-hydrogen) atoms. The van der Waals surface area contributed by atoms with Crippen LogP contribution < -0.4 is 5.73 Å². The normalized spacial score (nSPS) is 11.1. The van der Waals surface area contributed by atoms with E-state index in [9.17, 15) is 0 Å². The van der Waals surface area contributed by atoms with Crippen LogP contribution in [0.2, 0.25) is 0 Å². The molecule has 80 valence electrons. The number of aromatic nitrogens is 2. The lowest BCUT2D eigenvalue weighted by Crippen LogP contribution is -1.95. The average molecular weight is 239 g/mol. The average Bonchev–Trinajstić information content (AvgIpc) is 2.54. The summed E-state index contributed by atoms with van der Waals surface area (Å²) < 4.78 is 0. The van der Waals surface area contributed by atoms with Gasteiger partial charge in [-0.3, -0.25) is 0 Å². The van der Waals surface area contributed by atoms with E-state index in [1.54, 1.807) is 23.1 Å². The standard InChI is InChI=1S/C10H13N3S2/c1-3-4-14-8-7-5-6(2)15-9(7)13-10(11)12-8/h5H,3-4H2,1-2H3,(H2,11,12,13). The smallest absolute Gasteiger partial charge is 0.222 e. The Morgan fingerprint density at radius 1 is 1.47 bits per heavy atom. The monoisotopic (exact) mass is 239 g/mol. The second kappa shape index (κ2) is 4.37. The molecule has 0 spiro atoms. The third kappa shape index (κ3) is 2.23. The molecule has 0 radical (unpaired) electrons. The van der Waals surface area contributed by atoms with Crippen LogP contribution in [0, 0.1) is 6.92 Å². The minimum Gasteiger partial charge on any atom is -0.368 e. The van der Waals surface area contributed by atoms with E-state index in [0.29, 0.717) is 5.95 Å². The number of nitrogens with two attached hydrogens (primary N) is 1. The number of fused-ring (bicyclic) bond motifs is 1. The zero-order valence-corrected chi connectivity index (χ0v) is 10.4. The predicted octanol–water partition coefficient (Wildman–Crippen LogP) is 3.08. The first kappa shape index (κ1) is 10.7. The zero-order valence-electron chi connectivity index (χ0n) is 8.78. The molecule has 0 aliphatic heterocycles. The number of hydrogen-bond acceptors (Lipinski definition) is 5. The molecule has 0 bridgehead atoms. The van der Waals surface area contributed by atoms with Gasteiger partial charge in [-0.05, 0) is 25.2 Å². The second-order valence-corrected chi connectivity index (χ2v) is 5.63. The first-order chi connectivity index (χ1) is 7.20. The molecule has 0 atom stereocenters. The minimum absolute atomic E-state index is 0.378. The topological polar surface area (TPSA) is 51.8 Å². The summed E-state index contributed by atoms with van der Waals surface area (Å²) in [6.45, 7) is 4.24. The molecule has 2 N–H and O–H groups in total. The first-order valence-electron chi connectivity index (χ1n) is 4.87. The van der Waals surface area contributed by atoms with Gasteiger partial charge in [0.25, 0.3) is 0 Å². The van der Waals surface area contributed by atoms with Crippen LogP contribution in [0.1, 0.15) is 18.2 Å². The van der Waals surface area contributed by atoms with Gasteiger partial charge in [0.05, 0.1) is 0 Å². The highest BCUT2D eigenvalue weighted by molar-refractivity contribution is 7.99. The van der Waals surface area contributed by atoms with Gasteiger partial charge >= 0.3 is 0 Å². The van der Waals surface area contributed by atoms with E-state index in [-0.39, 0.29) is 0 Å². The number of aryl methyl sites for hydroxylation is 1. The fourth-order valence-corrected chi connectivity index (χ4v) is 3.16. The lowest BCUT2D eigenvalue weighted by molar-refractivity contribution is 1.08. The van der Waals surface area contributed by atoms with Gasteiger partial charge < -0.3 is 5.73 Å². The number of thiophene rings is 1. The van der Waals surface area contributed by atoms with E-state index >= 15 is 0 Å². The van der Waals surface area contributed by atoms with Crippen LogP contribution >= 0.6 is 23.1 Å². The summed E-state index contributed by atoms with van der Waals surface area (Å²) in [4.78, 5) is 10.8. The summed E-state index contributed by atoms with van der Waals surface area (Å²) in [6.07, 6.45) is 1.14. The van der Waals surface area contributed by atoms with Gasteiger partial charge in [0.2, 0.25) is 5.95 Å². The second-order valence-electron chi connectivity index (χ2n) is 3.31. The fraction of sp³-hybridized carbons (Fsp3) is 0.400. The van der Waals surface area contributed by atoms with Crippen molar-refractivity contribution in [1.29, 1.82) is 0 Å². The van der Waals surface area contributed by atoms with Crippen molar-refractivity contribution in [2.24, 2.45) is 0 Å². The Bertz CT molecular complexity index is 479. The van der Waals surface area contributed by atoms with Gasteiger partial charge in [-0.1, -0.05) is 6.92 Å². The first-order valence-corrected chi connectivity index (χ1v) is 6.67. The molecule has 3 nitrogen and oxygen atoms in total. The Balaban J connectivity index is 2.50. The molecule has 0 saturated carbocycles. The van der Waals surface area contributed by atoms with Gasteiger partial charge in [0.15, 0.2) is 0 Å². The number of anilines is 1. The Morgan fingerprint density at radius 3 is 3.00 bits per heavy atom. The van der Waals surface area contributed by atoms with Crippen LogP contribution in [0.15, 0.2) is 11.1 Å². The van der Waals surface area contributed by atoms with Crippen molar-refractivity contribution in [3.63, 3.8) is 0 Å². The summed E-state index contributed by atoms with van der Waals surface area (Å²) in [5, 5.41) is 2.16. The van der Waals surface area contributed by atoms with Crippen molar-refractivity contribution in [3.8, 4) is 0 Å². The quantitative estimate of drug-likeness (QED) is 0.660. The summed E-state index contributed by atoms with van der Waals surface area (Å²) in [5.41, 5.74) is 5.68. The van der Waals surface area contributed by atoms with E-state index < -0.39 is 0 Å². The maximum absolute atomic E-state index is 5.68. The Hall–Kier alpha value is -0.810. The largest absolute Gasteiger partial charge is 0.368 e.